The number of aliphatic hydroxyl groups is 1. The Kier molecular flexibility index (Phi) is 11.6. The molecule has 1 aromatic rings. The van der Waals surface area contributed by atoms with Gasteiger partial charge < -0.3 is 14.6 Å². The lowest BCUT2D eigenvalue weighted by molar-refractivity contribution is -0.140. The van der Waals surface area contributed by atoms with Gasteiger partial charge in [-0.2, -0.15) is 8.42 Å². The van der Waals surface area contributed by atoms with Gasteiger partial charge in [0.15, 0.2) is 0 Å². The first-order valence-electron chi connectivity index (χ1n) is 7.82. The topological polar surface area (TPSA) is 116 Å². The van der Waals surface area contributed by atoms with E-state index in [1.807, 2.05) is 6.92 Å². The van der Waals surface area contributed by atoms with E-state index in [1.54, 1.807) is 19.1 Å². The molecule has 150 valence electrons. The molecule has 0 saturated heterocycles. The van der Waals surface area contributed by atoms with Crippen molar-refractivity contribution in [3.8, 4) is 0 Å². The number of benzene rings is 1. The summed E-state index contributed by atoms with van der Waals surface area (Å²) in [6.07, 6.45) is 0.995. The second-order valence-corrected chi connectivity index (χ2v) is 6.72. The van der Waals surface area contributed by atoms with E-state index < -0.39 is 22.1 Å². The molecule has 27 heavy (non-hydrogen) atoms. The first kappa shape index (κ1) is 24.5. The summed E-state index contributed by atoms with van der Waals surface area (Å²) in [5.74, 6) is -1.07. The van der Waals surface area contributed by atoms with Crippen molar-refractivity contribution in [2.75, 3.05) is 26.4 Å². The van der Waals surface area contributed by atoms with Gasteiger partial charge in [-0.1, -0.05) is 30.9 Å². The number of carbonyl (C=O) groups excluding carboxylic acids is 2. The number of hydrogen-bond acceptors (Lipinski definition) is 8. The van der Waals surface area contributed by atoms with E-state index in [4.69, 9.17) is 9.29 Å². The number of aryl methyl sites for hydroxylation is 1. The van der Waals surface area contributed by atoms with Gasteiger partial charge in [0.1, 0.15) is 19.8 Å². The zero-order chi connectivity index (χ0) is 20.9. The molecule has 1 aromatic carbocycles. The Morgan fingerprint density at radius 1 is 1.11 bits per heavy atom. The molecule has 0 aliphatic rings. The van der Waals surface area contributed by atoms with Crippen LogP contribution in [0.25, 0.3) is 0 Å². The average Bonchev–Trinajstić information content (AvgIpc) is 2.63. The maximum absolute atomic E-state index is 11.7. The van der Waals surface area contributed by atoms with E-state index in [2.05, 4.69) is 22.6 Å². The van der Waals surface area contributed by atoms with Crippen molar-refractivity contribution in [2.45, 2.75) is 18.7 Å². The van der Waals surface area contributed by atoms with E-state index in [-0.39, 0.29) is 31.3 Å². The first-order valence-corrected chi connectivity index (χ1v) is 9.23. The molecule has 0 amide bonds. The number of esters is 2. The summed E-state index contributed by atoms with van der Waals surface area (Å²) >= 11 is 0. The van der Waals surface area contributed by atoms with Crippen molar-refractivity contribution in [3.63, 3.8) is 0 Å². The SMILES string of the molecule is C=C(C)C(=O)OCCO.C=CC(=O)OCCOS(=O)(=O)c1ccc(C)cc1. The Morgan fingerprint density at radius 3 is 2.19 bits per heavy atom. The number of aliphatic hydroxyl groups excluding tert-OH is 1. The predicted molar refractivity (Wildman–Crippen MR) is 98.3 cm³/mol. The van der Waals surface area contributed by atoms with E-state index >= 15 is 0 Å². The van der Waals surface area contributed by atoms with Crippen LogP contribution in [0, 0.1) is 6.92 Å². The molecule has 1 N–H and O–H groups in total. The molecule has 0 atom stereocenters. The zero-order valence-corrected chi connectivity index (χ0v) is 16.2. The molecule has 8 nitrogen and oxygen atoms in total. The van der Waals surface area contributed by atoms with Crippen LogP contribution in [0.2, 0.25) is 0 Å². The van der Waals surface area contributed by atoms with E-state index in [0.29, 0.717) is 5.57 Å². The second kappa shape index (κ2) is 12.8. The fourth-order valence-corrected chi connectivity index (χ4v) is 2.27. The van der Waals surface area contributed by atoms with Crippen LogP contribution in [0.3, 0.4) is 0 Å². The van der Waals surface area contributed by atoms with Crippen molar-refractivity contribution in [2.24, 2.45) is 0 Å². The maximum Gasteiger partial charge on any atom is 0.333 e. The van der Waals surface area contributed by atoms with E-state index in [9.17, 15) is 18.0 Å². The minimum atomic E-state index is -3.80. The van der Waals surface area contributed by atoms with Crippen LogP contribution in [0.4, 0.5) is 0 Å². The third-order valence-electron chi connectivity index (χ3n) is 2.72. The standard InChI is InChI=1S/C12H14O5S.C6H10O3/c1-3-12(13)16-8-9-17-18(14,15)11-6-4-10(2)5-7-11;1-5(2)6(8)9-4-3-7/h3-7H,1,8-9H2,2H3;7H,1,3-4H2,2H3. The number of ether oxygens (including phenoxy) is 2. The minimum Gasteiger partial charge on any atom is -0.460 e. The van der Waals surface area contributed by atoms with Crippen LogP contribution >= 0.6 is 0 Å². The van der Waals surface area contributed by atoms with Gasteiger partial charge in [0.05, 0.1) is 11.5 Å². The van der Waals surface area contributed by atoms with Crippen molar-refractivity contribution in [1.29, 1.82) is 0 Å². The van der Waals surface area contributed by atoms with E-state index in [0.717, 1.165) is 11.6 Å². The third-order valence-corrected chi connectivity index (χ3v) is 4.04. The third kappa shape index (κ3) is 11.0. The highest BCUT2D eigenvalue weighted by molar-refractivity contribution is 7.86. The molecule has 0 bridgehead atoms. The molecule has 0 aliphatic carbocycles. The van der Waals surface area contributed by atoms with Crippen molar-refractivity contribution in [3.05, 3.63) is 54.6 Å². The lowest BCUT2D eigenvalue weighted by atomic mass is 10.2. The summed E-state index contributed by atoms with van der Waals surface area (Å²) in [7, 11) is -3.80. The maximum atomic E-state index is 11.7. The Hall–Kier alpha value is -2.49. The summed E-state index contributed by atoms with van der Waals surface area (Å²) in [5, 5.41) is 8.19. The molecule has 0 spiro atoms. The summed E-state index contributed by atoms with van der Waals surface area (Å²) in [4.78, 5) is 21.2. The summed E-state index contributed by atoms with van der Waals surface area (Å²) in [5.41, 5.74) is 1.30. The van der Waals surface area contributed by atoms with Crippen molar-refractivity contribution in [1.82, 2.24) is 0 Å². The summed E-state index contributed by atoms with van der Waals surface area (Å²) < 4.78 is 37.1. The highest BCUT2D eigenvalue weighted by Gasteiger charge is 2.14. The molecule has 0 aromatic heterocycles. The normalized spacial score (nSPS) is 10.2. The molecule has 0 radical (unpaired) electrons. The van der Waals surface area contributed by atoms with Crippen LogP contribution in [-0.4, -0.2) is 51.9 Å². The molecule has 0 saturated carbocycles. The molecule has 0 fully saturated rings. The zero-order valence-electron chi connectivity index (χ0n) is 15.3. The van der Waals surface area contributed by atoms with Crippen LogP contribution in [0.1, 0.15) is 12.5 Å². The van der Waals surface area contributed by atoms with Crippen molar-refractivity contribution < 1.29 is 36.8 Å². The van der Waals surface area contributed by atoms with Crippen molar-refractivity contribution >= 4 is 22.1 Å². The average molecular weight is 400 g/mol. The van der Waals surface area contributed by atoms with Gasteiger partial charge >= 0.3 is 11.9 Å². The molecule has 0 unspecified atom stereocenters. The molecular formula is C18H24O8S. The first-order chi connectivity index (χ1) is 12.6. The van der Waals surface area contributed by atoms with Gasteiger partial charge in [0.2, 0.25) is 0 Å². The minimum absolute atomic E-state index is 0.0473. The Labute approximate surface area is 159 Å². The van der Waals surface area contributed by atoms with Gasteiger partial charge in [0, 0.05) is 11.6 Å². The summed E-state index contributed by atoms with van der Waals surface area (Å²) in [6, 6.07) is 6.27. The summed E-state index contributed by atoms with van der Waals surface area (Å²) in [6.45, 7) is 9.51. The lowest BCUT2D eigenvalue weighted by Crippen LogP contribution is -2.13. The molecule has 1 rings (SSSR count). The van der Waals surface area contributed by atoms with E-state index in [1.165, 1.54) is 12.1 Å². The van der Waals surface area contributed by atoms with Gasteiger partial charge in [0.25, 0.3) is 10.1 Å². The van der Waals surface area contributed by atoms with Gasteiger partial charge in [-0.05, 0) is 26.0 Å². The fourth-order valence-electron chi connectivity index (χ4n) is 1.38. The Morgan fingerprint density at radius 2 is 1.70 bits per heavy atom. The molecular weight excluding hydrogens is 376 g/mol. The largest absolute Gasteiger partial charge is 0.460 e. The van der Waals surface area contributed by atoms with Gasteiger partial charge in [-0.25, -0.2) is 9.59 Å². The monoisotopic (exact) mass is 400 g/mol. The highest BCUT2D eigenvalue weighted by Crippen LogP contribution is 2.12. The highest BCUT2D eigenvalue weighted by atomic mass is 32.2. The Balaban J connectivity index is 0.000000636. The fraction of sp³-hybridized carbons (Fsp3) is 0.333. The Bertz CT molecular complexity index is 735. The molecule has 0 aliphatic heterocycles. The predicted octanol–water partition coefficient (Wildman–Crippen LogP) is 1.53. The van der Waals surface area contributed by atoms with Crippen LogP contribution in [0.15, 0.2) is 54.0 Å². The quantitative estimate of drug-likeness (QED) is 0.287. The van der Waals surface area contributed by atoms with Gasteiger partial charge in [-0.15, -0.1) is 0 Å². The number of rotatable bonds is 9. The van der Waals surface area contributed by atoms with Gasteiger partial charge in [-0.3, -0.25) is 4.18 Å². The van der Waals surface area contributed by atoms with Crippen LogP contribution in [-0.2, 0) is 33.4 Å². The van der Waals surface area contributed by atoms with Crippen LogP contribution in [0.5, 0.6) is 0 Å². The van der Waals surface area contributed by atoms with Crippen LogP contribution < -0.4 is 0 Å². The second-order valence-electron chi connectivity index (χ2n) is 5.10. The molecule has 0 heterocycles. The molecule has 9 heteroatoms. The number of hydrogen-bond donors (Lipinski definition) is 1. The lowest BCUT2D eigenvalue weighted by Gasteiger charge is -2.06. The number of carbonyl (C=O) groups is 2. The smallest absolute Gasteiger partial charge is 0.333 e.